The van der Waals surface area contributed by atoms with Gasteiger partial charge in [-0.1, -0.05) is 24.3 Å². The molecule has 0 spiro atoms. The van der Waals surface area contributed by atoms with Crippen LogP contribution in [0, 0.1) is 0 Å². The molecular formula is C13H19NO. The SMILES string of the molecule is C=C(O)CC1(NC)CC2=C(CCC=C2)C1. The summed E-state index contributed by atoms with van der Waals surface area (Å²) in [6.45, 7) is 3.61. The van der Waals surface area contributed by atoms with Crippen molar-refractivity contribution in [2.75, 3.05) is 7.05 Å². The summed E-state index contributed by atoms with van der Waals surface area (Å²) < 4.78 is 0. The average Bonchev–Trinajstić information content (AvgIpc) is 2.55. The van der Waals surface area contributed by atoms with Gasteiger partial charge in [-0.2, -0.15) is 0 Å². The van der Waals surface area contributed by atoms with E-state index in [9.17, 15) is 5.11 Å². The molecule has 0 aromatic carbocycles. The zero-order valence-corrected chi connectivity index (χ0v) is 9.34. The minimum Gasteiger partial charge on any atom is -0.513 e. The van der Waals surface area contributed by atoms with Crippen molar-refractivity contribution in [2.24, 2.45) is 0 Å². The standard InChI is InChI=1S/C13H19NO/c1-10(15)7-13(14-2)8-11-5-3-4-6-12(11)9-13/h3,5,14-15H,1,4,6-9H2,2H3. The Morgan fingerprint density at radius 2 is 2.40 bits per heavy atom. The molecule has 0 fully saturated rings. The van der Waals surface area contributed by atoms with Crippen molar-refractivity contribution in [1.29, 1.82) is 0 Å². The van der Waals surface area contributed by atoms with Crippen LogP contribution >= 0.6 is 0 Å². The lowest BCUT2D eigenvalue weighted by Gasteiger charge is -2.29. The third kappa shape index (κ3) is 2.00. The van der Waals surface area contributed by atoms with E-state index < -0.39 is 0 Å². The Morgan fingerprint density at radius 1 is 1.60 bits per heavy atom. The molecule has 1 atom stereocenters. The Kier molecular flexibility index (Phi) is 2.70. The van der Waals surface area contributed by atoms with Crippen LogP contribution in [-0.2, 0) is 0 Å². The molecular weight excluding hydrogens is 186 g/mol. The zero-order chi connectivity index (χ0) is 10.9. The summed E-state index contributed by atoms with van der Waals surface area (Å²) in [4.78, 5) is 0. The van der Waals surface area contributed by atoms with E-state index in [2.05, 4.69) is 24.0 Å². The topological polar surface area (TPSA) is 32.3 Å². The summed E-state index contributed by atoms with van der Waals surface area (Å²) in [6.07, 6.45) is 9.59. The molecule has 0 aromatic heterocycles. The molecule has 2 nitrogen and oxygen atoms in total. The summed E-state index contributed by atoms with van der Waals surface area (Å²) >= 11 is 0. The van der Waals surface area contributed by atoms with Crippen molar-refractivity contribution >= 4 is 0 Å². The number of aliphatic hydroxyl groups is 1. The van der Waals surface area contributed by atoms with E-state index >= 15 is 0 Å². The third-order valence-corrected chi connectivity index (χ3v) is 3.54. The van der Waals surface area contributed by atoms with Gasteiger partial charge in [0, 0.05) is 12.0 Å². The largest absolute Gasteiger partial charge is 0.513 e. The minimum absolute atomic E-state index is 0.0190. The van der Waals surface area contributed by atoms with Crippen molar-refractivity contribution in [3.05, 3.63) is 35.6 Å². The number of nitrogens with one attached hydrogen (secondary N) is 1. The molecule has 82 valence electrons. The van der Waals surface area contributed by atoms with Gasteiger partial charge in [0.25, 0.3) is 0 Å². The second-order valence-corrected chi connectivity index (χ2v) is 4.70. The molecule has 2 aliphatic carbocycles. The number of hydrogen-bond acceptors (Lipinski definition) is 2. The second kappa shape index (κ2) is 3.86. The Labute approximate surface area is 91.4 Å². The third-order valence-electron chi connectivity index (χ3n) is 3.54. The molecule has 15 heavy (non-hydrogen) atoms. The molecule has 1 unspecified atom stereocenters. The molecule has 2 heteroatoms. The number of aliphatic hydroxyl groups excluding tert-OH is 1. The predicted molar refractivity (Wildman–Crippen MR) is 62.8 cm³/mol. The molecule has 0 saturated carbocycles. The summed E-state index contributed by atoms with van der Waals surface area (Å²) in [7, 11) is 1.98. The van der Waals surface area contributed by atoms with E-state index in [4.69, 9.17) is 0 Å². The summed E-state index contributed by atoms with van der Waals surface area (Å²) in [5.41, 5.74) is 3.05. The van der Waals surface area contributed by atoms with Gasteiger partial charge < -0.3 is 10.4 Å². The first-order chi connectivity index (χ1) is 7.15. The molecule has 2 aliphatic rings. The first-order valence-electron chi connectivity index (χ1n) is 5.58. The number of hydrogen-bond donors (Lipinski definition) is 2. The van der Waals surface area contributed by atoms with Crippen LogP contribution in [0.4, 0.5) is 0 Å². The highest BCUT2D eigenvalue weighted by molar-refractivity contribution is 5.38. The van der Waals surface area contributed by atoms with Gasteiger partial charge in [-0.25, -0.2) is 0 Å². The van der Waals surface area contributed by atoms with Crippen LogP contribution in [0.5, 0.6) is 0 Å². The Hall–Kier alpha value is -1.02. The molecule has 2 N–H and O–H groups in total. The molecule has 0 saturated heterocycles. The fraction of sp³-hybridized carbons (Fsp3) is 0.538. The van der Waals surface area contributed by atoms with Crippen LogP contribution in [-0.4, -0.2) is 17.7 Å². The van der Waals surface area contributed by atoms with Gasteiger partial charge in [-0.05, 0) is 38.3 Å². The van der Waals surface area contributed by atoms with Crippen molar-refractivity contribution < 1.29 is 5.11 Å². The first-order valence-corrected chi connectivity index (χ1v) is 5.58. The van der Waals surface area contributed by atoms with Crippen LogP contribution in [0.1, 0.15) is 32.1 Å². The highest BCUT2D eigenvalue weighted by Crippen LogP contribution is 2.42. The van der Waals surface area contributed by atoms with Gasteiger partial charge >= 0.3 is 0 Å². The predicted octanol–water partition coefficient (Wildman–Crippen LogP) is 2.85. The summed E-state index contributed by atoms with van der Waals surface area (Å²) in [5.74, 6) is 0.285. The average molecular weight is 205 g/mol. The zero-order valence-electron chi connectivity index (χ0n) is 9.34. The van der Waals surface area contributed by atoms with Gasteiger partial charge in [-0.15, -0.1) is 0 Å². The van der Waals surface area contributed by atoms with Crippen molar-refractivity contribution in [2.45, 2.75) is 37.6 Å². The van der Waals surface area contributed by atoms with E-state index in [1.54, 1.807) is 5.57 Å². The van der Waals surface area contributed by atoms with E-state index in [0.717, 1.165) is 12.8 Å². The molecule has 0 amide bonds. The molecule has 2 rings (SSSR count). The Balaban J connectivity index is 2.14. The monoisotopic (exact) mass is 205 g/mol. The summed E-state index contributed by atoms with van der Waals surface area (Å²) in [6, 6.07) is 0. The fourth-order valence-corrected chi connectivity index (χ4v) is 2.76. The second-order valence-electron chi connectivity index (χ2n) is 4.70. The number of allylic oxidation sites excluding steroid dienone is 2. The van der Waals surface area contributed by atoms with E-state index in [0.29, 0.717) is 6.42 Å². The number of rotatable bonds is 3. The summed E-state index contributed by atoms with van der Waals surface area (Å²) in [5, 5.41) is 12.7. The van der Waals surface area contributed by atoms with Gasteiger partial charge in [0.15, 0.2) is 0 Å². The van der Waals surface area contributed by atoms with Gasteiger partial charge in [0.1, 0.15) is 0 Å². The molecule has 0 bridgehead atoms. The smallest absolute Gasteiger partial charge is 0.0869 e. The maximum absolute atomic E-state index is 9.37. The molecule has 0 aliphatic heterocycles. The highest BCUT2D eigenvalue weighted by Gasteiger charge is 2.37. The van der Waals surface area contributed by atoms with Crippen molar-refractivity contribution in [1.82, 2.24) is 5.32 Å². The fourth-order valence-electron chi connectivity index (χ4n) is 2.76. The van der Waals surface area contributed by atoms with Crippen molar-refractivity contribution in [3.63, 3.8) is 0 Å². The van der Waals surface area contributed by atoms with Crippen LogP contribution in [0.25, 0.3) is 0 Å². The van der Waals surface area contributed by atoms with Gasteiger partial charge in [0.05, 0.1) is 5.76 Å². The Morgan fingerprint density at radius 3 is 3.00 bits per heavy atom. The van der Waals surface area contributed by atoms with Gasteiger partial charge in [0.2, 0.25) is 0 Å². The molecule has 0 radical (unpaired) electrons. The lowest BCUT2D eigenvalue weighted by atomic mass is 9.89. The quantitative estimate of drug-likeness (QED) is 0.694. The molecule has 0 heterocycles. The van der Waals surface area contributed by atoms with E-state index in [1.807, 2.05) is 7.05 Å². The van der Waals surface area contributed by atoms with Crippen LogP contribution in [0.3, 0.4) is 0 Å². The van der Waals surface area contributed by atoms with E-state index in [-0.39, 0.29) is 11.3 Å². The highest BCUT2D eigenvalue weighted by atomic mass is 16.3. The van der Waals surface area contributed by atoms with Crippen molar-refractivity contribution in [3.8, 4) is 0 Å². The molecule has 0 aromatic rings. The minimum atomic E-state index is 0.0190. The van der Waals surface area contributed by atoms with E-state index in [1.165, 1.54) is 18.4 Å². The Bertz CT molecular complexity index is 340. The van der Waals surface area contributed by atoms with Crippen LogP contribution in [0.2, 0.25) is 0 Å². The normalized spacial score (nSPS) is 29.4. The maximum atomic E-state index is 9.37. The van der Waals surface area contributed by atoms with Crippen LogP contribution in [0.15, 0.2) is 35.6 Å². The van der Waals surface area contributed by atoms with Crippen LogP contribution < -0.4 is 5.32 Å². The lowest BCUT2D eigenvalue weighted by Crippen LogP contribution is -2.41. The van der Waals surface area contributed by atoms with Gasteiger partial charge in [-0.3, -0.25) is 0 Å². The first kappa shape index (κ1) is 10.5. The maximum Gasteiger partial charge on any atom is 0.0869 e. The lowest BCUT2D eigenvalue weighted by molar-refractivity contribution is 0.291.